The highest BCUT2D eigenvalue weighted by atomic mass is 32.2. The minimum Gasteiger partial charge on any atom is -0.334 e. The van der Waals surface area contributed by atoms with Crippen molar-refractivity contribution in [1.29, 1.82) is 0 Å². The van der Waals surface area contributed by atoms with E-state index in [4.69, 9.17) is 0 Å². The van der Waals surface area contributed by atoms with Gasteiger partial charge < -0.3 is 9.88 Å². The fourth-order valence-corrected chi connectivity index (χ4v) is 4.62. The highest BCUT2D eigenvalue weighted by Crippen LogP contribution is 2.32. The van der Waals surface area contributed by atoms with E-state index >= 15 is 0 Å². The topological polar surface area (TPSA) is 50.2 Å². The molecule has 2 saturated heterocycles. The van der Waals surface area contributed by atoms with Crippen molar-refractivity contribution in [3.8, 4) is 0 Å². The minimum absolute atomic E-state index is 0.0350. The first-order chi connectivity index (χ1) is 9.84. The lowest BCUT2D eigenvalue weighted by Gasteiger charge is -2.31. The molecule has 1 aromatic rings. The van der Waals surface area contributed by atoms with Crippen LogP contribution in [0, 0.1) is 0 Å². The smallest absolute Gasteiger partial charge is 0.239 e. The number of nitrogens with zero attached hydrogens (tertiary/aromatic N) is 3. The van der Waals surface area contributed by atoms with E-state index in [1.807, 2.05) is 18.0 Å². The Kier molecular flexibility index (Phi) is 3.22. The molecule has 2 atom stereocenters. The molecule has 0 spiro atoms. The molecule has 0 aliphatic carbocycles. The quantitative estimate of drug-likeness (QED) is 0.844. The Labute approximate surface area is 123 Å². The van der Waals surface area contributed by atoms with Gasteiger partial charge in [-0.3, -0.25) is 9.69 Å². The maximum Gasteiger partial charge on any atom is 0.239 e. The molecule has 1 amide bonds. The molecule has 3 aliphatic heterocycles. The van der Waals surface area contributed by atoms with Crippen molar-refractivity contribution in [3.05, 3.63) is 17.7 Å². The summed E-state index contributed by atoms with van der Waals surface area (Å²) in [7, 11) is 0. The number of rotatable bonds is 1. The van der Waals surface area contributed by atoms with Crippen LogP contribution in [-0.2, 0) is 17.8 Å². The summed E-state index contributed by atoms with van der Waals surface area (Å²) in [6.45, 7) is 2.03. The van der Waals surface area contributed by atoms with Crippen LogP contribution in [-0.4, -0.2) is 44.5 Å². The third kappa shape index (κ3) is 1.97. The number of carbonyl (C=O) groups excluding carboxylic acids is 1. The summed E-state index contributed by atoms with van der Waals surface area (Å²) < 4.78 is 2.35. The molecular formula is C14H20N4OS. The molecule has 5 nitrogen and oxygen atoms in total. The Morgan fingerprint density at radius 2 is 2.25 bits per heavy atom. The zero-order valence-electron chi connectivity index (χ0n) is 11.5. The van der Waals surface area contributed by atoms with Crippen molar-refractivity contribution < 1.29 is 4.79 Å². The number of hydrogen-bond donors (Lipinski definition) is 1. The highest BCUT2D eigenvalue weighted by molar-refractivity contribution is 7.99. The molecule has 4 rings (SSSR count). The minimum atomic E-state index is 0.0350. The molecule has 2 unspecified atom stereocenters. The number of hydrogen-bond acceptors (Lipinski definition) is 4. The molecule has 0 saturated carbocycles. The Hall–Kier alpha value is -1.01. The van der Waals surface area contributed by atoms with Gasteiger partial charge in [-0.05, 0) is 12.8 Å². The lowest BCUT2D eigenvalue weighted by molar-refractivity contribution is -0.121. The molecule has 1 N–H and O–H groups in total. The zero-order valence-corrected chi connectivity index (χ0v) is 12.4. The van der Waals surface area contributed by atoms with Gasteiger partial charge in [-0.1, -0.05) is 6.42 Å². The first-order valence-corrected chi connectivity index (χ1v) is 8.68. The SMILES string of the molecule is O=C1NC(c2cnc3n2CCCCC3)N2CCSCC12. The Morgan fingerprint density at radius 3 is 3.20 bits per heavy atom. The maximum absolute atomic E-state index is 12.2. The predicted molar refractivity (Wildman–Crippen MR) is 78.5 cm³/mol. The molecule has 4 heterocycles. The lowest BCUT2D eigenvalue weighted by atomic mass is 10.2. The van der Waals surface area contributed by atoms with Gasteiger partial charge in [0.15, 0.2) is 0 Å². The van der Waals surface area contributed by atoms with E-state index in [0.29, 0.717) is 0 Å². The Bertz CT molecular complexity index is 529. The van der Waals surface area contributed by atoms with Crippen LogP contribution >= 0.6 is 11.8 Å². The molecule has 108 valence electrons. The van der Waals surface area contributed by atoms with E-state index in [1.165, 1.54) is 30.8 Å². The van der Waals surface area contributed by atoms with Crippen molar-refractivity contribution in [1.82, 2.24) is 19.8 Å². The van der Waals surface area contributed by atoms with Crippen molar-refractivity contribution >= 4 is 17.7 Å². The number of imidazole rings is 1. The summed E-state index contributed by atoms with van der Waals surface area (Å²) in [5.74, 6) is 3.42. The summed E-state index contributed by atoms with van der Waals surface area (Å²) in [6, 6.07) is 0.0516. The van der Waals surface area contributed by atoms with Crippen LogP contribution in [0.5, 0.6) is 0 Å². The second-order valence-electron chi connectivity index (χ2n) is 5.80. The van der Waals surface area contributed by atoms with Crippen molar-refractivity contribution in [2.75, 3.05) is 18.1 Å². The standard InChI is InChI=1S/C14H20N4OS/c19-14-11-9-20-7-6-18(11)13(16-14)10-8-15-12-4-2-1-3-5-17(10)12/h8,11,13H,1-7,9H2,(H,16,19). The normalized spacial score (nSPS) is 30.5. The van der Waals surface area contributed by atoms with Crippen LogP contribution in [0.3, 0.4) is 0 Å². The Morgan fingerprint density at radius 1 is 1.30 bits per heavy atom. The summed E-state index contributed by atoms with van der Waals surface area (Å²) in [4.78, 5) is 19.1. The van der Waals surface area contributed by atoms with Gasteiger partial charge >= 0.3 is 0 Å². The molecule has 20 heavy (non-hydrogen) atoms. The van der Waals surface area contributed by atoms with E-state index in [1.54, 1.807) is 0 Å². The number of aryl methyl sites for hydroxylation is 1. The van der Waals surface area contributed by atoms with Gasteiger partial charge in [0.05, 0.1) is 11.9 Å². The first-order valence-electron chi connectivity index (χ1n) is 7.53. The molecule has 0 bridgehead atoms. The fraction of sp³-hybridized carbons (Fsp3) is 0.714. The maximum atomic E-state index is 12.2. The van der Waals surface area contributed by atoms with E-state index in [2.05, 4.69) is 19.8 Å². The average molecular weight is 292 g/mol. The number of nitrogens with one attached hydrogen (secondary N) is 1. The van der Waals surface area contributed by atoms with E-state index in [-0.39, 0.29) is 18.1 Å². The molecular weight excluding hydrogens is 272 g/mol. The van der Waals surface area contributed by atoms with Crippen LogP contribution < -0.4 is 5.32 Å². The monoisotopic (exact) mass is 292 g/mol. The Balaban J connectivity index is 1.67. The van der Waals surface area contributed by atoms with Crippen LogP contribution in [0.15, 0.2) is 6.20 Å². The molecule has 0 aromatic carbocycles. The van der Waals surface area contributed by atoms with Crippen molar-refractivity contribution in [2.24, 2.45) is 0 Å². The van der Waals surface area contributed by atoms with Gasteiger partial charge in [-0.15, -0.1) is 0 Å². The van der Waals surface area contributed by atoms with Gasteiger partial charge in [0.1, 0.15) is 18.0 Å². The first kappa shape index (κ1) is 12.7. The third-order valence-corrected chi connectivity index (χ3v) is 5.64. The summed E-state index contributed by atoms with van der Waals surface area (Å²) in [6.07, 6.45) is 6.82. The van der Waals surface area contributed by atoms with E-state index in [0.717, 1.165) is 31.0 Å². The van der Waals surface area contributed by atoms with Gasteiger partial charge in [-0.25, -0.2) is 4.98 Å². The predicted octanol–water partition coefficient (Wildman–Crippen LogP) is 1.16. The molecule has 1 aromatic heterocycles. The van der Waals surface area contributed by atoms with E-state index in [9.17, 15) is 4.79 Å². The second kappa shape index (κ2) is 5.07. The van der Waals surface area contributed by atoms with Crippen LogP contribution in [0.2, 0.25) is 0 Å². The van der Waals surface area contributed by atoms with Gasteiger partial charge in [-0.2, -0.15) is 11.8 Å². The van der Waals surface area contributed by atoms with Gasteiger partial charge in [0.2, 0.25) is 5.91 Å². The number of fused-ring (bicyclic) bond motifs is 2. The third-order valence-electron chi connectivity index (χ3n) is 4.61. The second-order valence-corrected chi connectivity index (χ2v) is 6.95. The fourth-order valence-electron chi connectivity index (χ4n) is 3.54. The summed E-state index contributed by atoms with van der Waals surface area (Å²) in [5.41, 5.74) is 1.18. The van der Waals surface area contributed by atoms with Crippen LogP contribution in [0.4, 0.5) is 0 Å². The highest BCUT2D eigenvalue weighted by Gasteiger charge is 2.43. The summed E-state index contributed by atoms with van der Waals surface area (Å²) in [5, 5.41) is 3.18. The zero-order chi connectivity index (χ0) is 13.5. The van der Waals surface area contributed by atoms with Crippen LogP contribution in [0.25, 0.3) is 0 Å². The van der Waals surface area contributed by atoms with Gasteiger partial charge in [0.25, 0.3) is 0 Å². The van der Waals surface area contributed by atoms with Gasteiger partial charge in [0, 0.05) is 31.0 Å². The van der Waals surface area contributed by atoms with E-state index < -0.39 is 0 Å². The molecule has 0 radical (unpaired) electrons. The number of aromatic nitrogens is 2. The summed E-state index contributed by atoms with van der Waals surface area (Å²) >= 11 is 1.88. The molecule has 3 aliphatic rings. The lowest BCUT2D eigenvalue weighted by Crippen LogP contribution is -2.41. The molecule has 6 heteroatoms. The molecule has 2 fully saturated rings. The number of carbonyl (C=O) groups is 1. The average Bonchev–Trinajstić information content (AvgIpc) is 2.92. The number of thioether (sulfide) groups is 1. The van der Waals surface area contributed by atoms with Crippen molar-refractivity contribution in [2.45, 2.75) is 44.4 Å². The largest absolute Gasteiger partial charge is 0.334 e. The number of amides is 1. The van der Waals surface area contributed by atoms with Crippen LogP contribution in [0.1, 0.15) is 36.9 Å². The van der Waals surface area contributed by atoms with Crippen molar-refractivity contribution in [3.63, 3.8) is 0 Å².